The van der Waals surface area contributed by atoms with Crippen molar-refractivity contribution in [3.63, 3.8) is 0 Å². The Hall–Kier alpha value is -4.46. The van der Waals surface area contributed by atoms with Crippen LogP contribution < -0.4 is 31.9 Å². The third-order valence-electron chi connectivity index (χ3n) is 9.01. The van der Waals surface area contributed by atoms with Crippen molar-refractivity contribution in [3.05, 3.63) is 84.4 Å². The number of aromatic amines is 2. The SMILES string of the molecule is C=CC1=C(C)C2/C=c3\[nH]/c(c(CCC(=O)O)c3C)=C\C3=C(CCC(=O)O)C(C)C(/C=c4\[nH]c(c(C)\c4=C/C)/C=C/1N2)N3. The normalized spacial score (nSPS) is 25.4. The molecule has 3 aliphatic heterocycles. The molecule has 2 aromatic rings. The predicted molar refractivity (Wildman–Crippen MR) is 167 cm³/mol. The number of aromatic nitrogens is 2. The van der Waals surface area contributed by atoms with Crippen LogP contribution in [0.15, 0.2) is 40.8 Å². The molecule has 0 aliphatic carbocycles. The Labute approximate surface area is 245 Å². The van der Waals surface area contributed by atoms with Crippen LogP contribution in [-0.4, -0.2) is 44.2 Å². The summed E-state index contributed by atoms with van der Waals surface area (Å²) >= 11 is 0. The van der Waals surface area contributed by atoms with E-state index in [1.54, 1.807) is 0 Å². The van der Waals surface area contributed by atoms with Crippen LogP contribution in [0, 0.1) is 19.8 Å². The van der Waals surface area contributed by atoms with Gasteiger partial charge in [-0.1, -0.05) is 25.7 Å². The number of carbonyl (C=O) groups is 2. The number of H-pyrrole nitrogens is 2. The van der Waals surface area contributed by atoms with Crippen molar-refractivity contribution in [1.29, 1.82) is 0 Å². The smallest absolute Gasteiger partial charge is 0.303 e. The molecule has 8 heteroatoms. The van der Waals surface area contributed by atoms with Gasteiger partial charge in [-0.3, -0.25) is 9.59 Å². The lowest BCUT2D eigenvalue weighted by Gasteiger charge is -2.14. The third kappa shape index (κ3) is 5.29. The molecule has 2 aromatic heterocycles. The van der Waals surface area contributed by atoms with Crippen LogP contribution in [0.3, 0.4) is 0 Å². The molecule has 0 amide bonds. The maximum Gasteiger partial charge on any atom is 0.303 e. The third-order valence-corrected chi connectivity index (χ3v) is 9.01. The van der Waals surface area contributed by atoms with E-state index in [1.807, 2.05) is 26.0 Å². The zero-order valence-corrected chi connectivity index (χ0v) is 24.9. The summed E-state index contributed by atoms with van der Waals surface area (Å²) in [7, 11) is 0. The van der Waals surface area contributed by atoms with Crippen LogP contribution in [0.4, 0.5) is 0 Å². The fraction of sp³-hybridized carbons (Fsp3) is 0.353. The summed E-state index contributed by atoms with van der Waals surface area (Å²) in [6, 6.07) is -0.137. The fourth-order valence-electron chi connectivity index (χ4n) is 6.53. The van der Waals surface area contributed by atoms with Gasteiger partial charge in [-0.25, -0.2) is 0 Å². The van der Waals surface area contributed by atoms with E-state index in [0.29, 0.717) is 12.8 Å². The van der Waals surface area contributed by atoms with Crippen LogP contribution in [0.2, 0.25) is 0 Å². The summed E-state index contributed by atoms with van der Waals surface area (Å²) in [5, 5.41) is 30.2. The van der Waals surface area contributed by atoms with Crippen molar-refractivity contribution >= 4 is 42.3 Å². The van der Waals surface area contributed by atoms with E-state index in [2.05, 4.69) is 72.3 Å². The van der Waals surface area contributed by atoms with Gasteiger partial charge in [-0.15, -0.1) is 0 Å². The van der Waals surface area contributed by atoms with Crippen molar-refractivity contribution in [2.45, 2.75) is 72.4 Å². The average Bonchev–Trinajstić information content (AvgIpc) is 3.59. The molecule has 0 spiro atoms. The second-order valence-corrected chi connectivity index (χ2v) is 11.5. The van der Waals surface area contributed by atoms with Crippen molar-refractivity contribution < 1.29 is 19.8 Å². The average molecular weight is 569 g/mol. The van der Waals surface area contributed by atoms with E-state index in [0.717, 1.165) is 71.8 Å². The molecular weight excluding hydrogens is 528 g/mol. The molecule has 220 valence electrons. The molecule has 0 saturated carbocycles. The molecule has 5 rings (SSSR count). The standard InChI is InChI=1S/C34H40N4O4/c1-7-21-17(3)25-13-26-19(5)23(9-11-33(39)40)31(37-26)16-32-24(10-12-34(41)42)20(6)28(38-32)15-30-22(8-2)18(4)27(36-30)14-29(21)35-25/h7-8,13-16,20,25,28,35-38H,1,9-12H2,2-6H3,(H,39,40)(H,41,42)/b22-8+,26-13-,29-14-,30-15-,31-16-. The molecule has 3 aliphatic rings. The van der Waals surface area contributed by atoms with E-state index >= 15 is 0 Å². The largest absolute Gasteiger partial charge is 0.481 e. The summed E-state index contributed by atoms with van der Waals surface area (Å²) in [6.07, 6.45) is 13.4. The lowest BCUT2D eigenvalue weighted by atomic mass is 9.92. The van der Waals surface area contributed by atoms with Crippen molar-refractivity contribution in [1.82, 2.24) is 20.6 Å². The summed E-state index contributed by atoms with van der Waals surface area (Å²) in [4.78, 5) is 30.3. The van der Waals surface area contributed by atoms with Gasteiger partial charge in [-0.2, -0.15) is 0 Å². The minimum absolute atomic E-state index is 0.0167. The Balaban J connectivity index is 1.81. The summed E-state index contributed by atoms with van der Waals surface area (Å²) < 4.78 is 0. The molecule has 6 N–H and O–H groups in total. The van der Waals surface area contributed by atoms with Crippen LogP contribution in [-0.2, 0) is 16.0 Å². The van der Waals surface area contributed by atoms with Crippen molar-refractivity contribution in [2.75, 3.05) is 0 Å². The summed E-state index contributed by atoms with van der Waals surface area (Å²) in [5.41, 5.74) is 9.27. The molecule has 0 saturated heterocycles. The van der Waals surface area contributed by atoms with Gasteiger partial charge in [0.15, 0.2) is 0 Å². The second kappa shape index (κ2) is 11.4. The molecule has 3 unspecified atom stereocenters. The lowest BCUT2D eigenvalue weighted by Crippen LogP contribution is -2.32. The van der Waals surface area contributed by atoms with Crippen LogP contribution >= 0.6 is 0 Å². The Morgan fingerprint density at radius 1 is 0.929 bits per heavy atom. The first-order chi connectivity index (χ1) is 20.0. The van der Waals surface area contributed by atoms with Crippen LogP contribution in [0.1, 0.15) is 62.4 Å². The maximum absolute atomic E-state index is 11.6. The highest BCUT2D eigenvalue weighted by molar-refractivity contribution is 5.69. The molecule has 8 nitrogen and oxygen atoms in total. The number of fused-ring (bicyclic) bond motifs is 8. The Morgan fingerprint density at radius 2 is 1.64 bits per heavy atom. The highest BCUT2D eigenvalue weighted by Gasteiger charge is 2.30. The van der Waals surface area contributed by atoms with E-state index in [4.69, 9.17) is 0 Å². The highest BCUT2D eigenvalue weighted by atomic mass is 16.4. The molecule has 0 aromatic carbocycles. The lowest BCUT2D eigenvalue weighted by molar-refractivity contribution is -0.138. The predicted octanol–water partition coefficient (Wildman–Crippen LogP) is 2.37. The van der Waals surface area contributed by atoms with Crippen molar-refractivity contribution in [3.8, 4) is 0 Å². The quantitative estimate of drug-likeness (QED) is 0.304. The van der Waals surface area contributed by atoms with Gasteiger partial charge in [0.05, 0.1) is 12.1 Å². The molecule has 0 radical (unpaired) electrons. The van der Waals surface area contributed by atoms with Gasteiger partial charge in [0.1, 0.15) is 0 Å². The summed E-state index contributed by atoms with van der Waals surface area (Å²) in [5.74, 6) is -1.62. The van der Waals surface area contributed by atoms with Gasteiger partial charge in [0.2, 0.25) is 0 Å². The molecule has 3 atom stereocenters. The van der Waals surface area contributed by atoms with E-state index in [9.17, 15) is 19.8 Å². The summed E-state index contributed by atoms with van der Waals surface area (Å²) in [6.45, 7) is 14.5. The fourth-order valence-corrected chi connectivity index (χ4v) is 6.53. The minimum Gasteiger partial charge on any atom is -0.481 e. The number of hydrogen-bond acceptors (Lipinski definition) is 4. The van der Waals surface area contributed by atoms with Crippen LogP contribution in [0.25, 0.3) is 30.4 Å². The number of aliphatic carboxylic acids is 2. The number of carboxylic acids is 2. The van der Waals surface area contributed by atoms with E-state index in [1.165, 1.54) is 0 Å². The number of hydrogen-bond donors (Lipinski definition) is 6. The maximum atomic E-state index is 11.6. The van der Waals surface area contributed by atoms with Gasteiger partial charge in [-0.05, 0) is 103 Å². The monoisotopic (exact) mass is 568 g/mol. The second-order valence-electron chi connectivity index (χ2n) is 11.5. The Morgan fingerprint density at radius 3 is 2.31 bits per heavy atom. The first kappa shape index (κ1) is 29.0. The Bertz CT molecular complexity index is 1830. The zero-order valence-electron chi connectivity index (χ0n) is 24.9. The van der Waals surface area contributed by atoms with Gasteiger partial charge >= 0.3 is 11.9 Å². The van der Waals surface area contributed by atoms with Gasteiger partial charge in [0.25, 0.3) is 0 Å². The Kier molecular flexibility index (Phi) is 7.91. The molecule has 5 heterocycles. The zero-order chi connectivity index (χ0) is 30.3. The molecule has 42 heavy (non-hydrogen) atoms. The van der Waals surface area contributed by atoms with E-state index in [-0.39, 0.29) is 30.8 Å². The number of allylic oxidation sites excluding steroid dienone is 2. The molecule has 0 fully saturated rings. The molecule has 8 bridgehead atoms. The number of carboxylic acid groups (broad SMARTS) is 2. The van der Waals surface area contributed by atoms with Crippen LogP contribution in [0.5, 0.6) is 0 Å². The van der Waals surface area contributed by atoms with E-state index < -0.39 is 11.9 Å². The highest BCUT2D eigenvalue weighted by Crippen LogP contribution is 2.31. The molecular formula is C34H40N4O4. The number of nitrogens with one attached hydrogen (secondary N) is 4. The topological polar surface area (TPSA) is 130 Å². The van der Waals surface area contributed by atoms with Gasteiger partial charge in [0, 0.05) is 51.9 Å². The number of rotatable bonds is 7. The van der Waals surface area contributed by atoms with Gasteiger partial charge < -0.3 is 30.8 Å². The first-order valence-electron chi connectivity index (χ1n) is 14.5. The minimum atomic E-state index is -0.847. The van der Waals surface area contributed by atoms with Crippen molar-refractivity contribution in [2.24, 2.45) is 5.92 Å². The first-order valence-corrected chi connectivity index (χ1v) is 14.5.